The zero-order valence-corrected chi connectivity index (χ0v) is 23.5. The van der Waals surface area contributed by atoms with Crippen molar-refractivity contribution >= 4 is 34.5 Å². The normalized spacial score (nSPS) is 17.5. The fourth-order valence-corrected chi connectivity index (χ4v) is 5.46. The van der Waals surface area contributed by atoms with Gasteiger partial charge in [0.1, 0.15) is 23.9 Å². The number of amides is 1. The van der Waals surface area contributed by atoms with Gasteiger partial charge in [-0.2, -0.15) is 0 Å². The van der Waals surface area contributed by atoms with Crippen molar-refractivity contribution in [1.29, 1.82) is 0 Å². The summed E-state index contributed by atoms with van der Waals surface area (Å²) in [5.74, 6) is 1.14. The van der Waals surface area contributed by atoms with E-state index in [1.165, 1.54) is 0 Å². The molecule has 1 atom stereocenters. The number of hydrogen-bond donors (Lipinski definition) is 1. The van der Waals surface area contributed by atoms with Crippen LogP contribution in [-0.4, -0.2) is 75.2 Å². The summed E-state index contributed by atoms with van der Waals surface area (Å²) in [6, 6.07) is 14.0. The number of benzene rings is 2. The van der Waals surface area contributed by atoms with Gasteiger partial charge in [0.2, 0.25) is 0 Å². The minimum Gasteiger partial charge on any atom is -0.484 e. The molecule has 1 N–H and O–H groups in total. The molecule has 0 saturated carbocycles. The van der Waals surface area contributed by atoms with Crippen LogP contribution in [0.1, 0.15) is 44.5 Å². The molecule has 2 aromatic heterocycles. The van der Waals surface area contributed by atoms with Gasteiger partial charge in [-0.1, -0.05) is 17.7 Å². The first-order chi connectivity index (χ1) is 19.8. The van der Waals surface area contributed by atoms with Crippen LogP contribution in [-0.2, 0) is 24.4 Å². The number of piperazine rings is 1. The van der Waals surface area contributed by atoms with Crippen molar-refractivity contribution in [3.63, 3.8) is 0 Å². The summed E-state index contributed by atoms with van der Waals surface area (Å²) in [6.45, 7) is 6.57. The highest BCUT2D eigenvalue weighted by atomic mass is 35.5. The number of fused-ring (bicyclic) bond motifs is 1. The molecule has 214 valence electrons. The number of rotatable bonds is 9. The van der Waals surface area contributed by atoms with Crippen molar-refractivity contribution in [2.24, 2.45) is 0 Å². The zero-order valence-electron chi connectivity index (χ0n) is 22.7. The number of carbonyl (C=O) groups excluding carboxylic acids is 1. The van der Waals surface area contributed by atoms with Gasteiger partial charge in [0.05, 0.1) is 40.8 Å². The van der Waals surface area contributed by atoms with Crippen LogP contribution < -0.4 is 4.74 Å². The van der Waals surface area contributed by atoms with Gasteiger partial charge < -0.3 is 28.5 Å². The van der Waals surface area contributed by atoms with Crippen molar-refractivity contribution in [3.05, 3.63) is 82.0 Å². The maximum Gasteiger partial charge on any atom is 0.335 e. The molecule has 2 saturated heterocycles. The van der Waals surface area contributed by atoms with Gasteiger partial charge in [0.25, 0.3) is 5.91 Å². The number of hydrogen-bond acceptors (Lipinski definition) is 7. The molecule has 1 amide bonds. The summed E-state index contributed by atoms with van der Waals surface area (Å²) in [6.07, 6.45) is 1.07. The highest BCUT2D eigenvalue weighted by molar-refractivity contribution is 6.32. The van der Waals surface area contributed by atoms with Crippen LogP contribution in [0.5, 0.6) is 5.75 Å². The molecule has 0 spiro atoms. The van der Waals surface area contributed by atoms with E-state index in [1.54, 1.807) is 35.2 Å². The average molecular weight is 579 g/mol. The molecule has 2 aromatic carbocycles. The number of carbonyl (C=O) groups is 2. The fourth-order valence-electron chi connectivity index (χ4n) is 5.17. The Morgan fingerprint density at radius 2 is 1.90 bits per heavy atom. The van der Waals surface area contributed by atoms with Crippen LogP contribution in [0.3, 0.4) is 0 Å². The van der Waals surface area contributed by atoms with Crippen molar-refractivity contribution < 1.29 is 28.6 Å². The lowest BCUT2D eigenvalue weighted by Crippen LogP contribution is -2.48. The number of carboxylic acid groups (broad SMARTS) is 1. The lowest BCUT2D eigenvalue weighted by Gasteiger charge is -2.34. The molecule has 2 aliphatic heterocycles. The second-order valence-corrected chi connectivity index (χ2v) is 10.9. The first-order valence-electron chi connectivity index (χ1n) is 13.7. The largest absolute Gasteiger partial charge is 0.484 e. The van der Waals surface area contributed by atoms with Crippen LogP contribution >= 0.6 is 11.6 Å². The predicted octanol–water partition coefficient (Wildman–Crippen LogP) is 4.62. The minimum absolute atomic E-state index is 0.103. The van der Waals surface area contributed by atoms with Crippen LogP contribution in [0.4, 0.5) is 0 Å². The molecule has 4 heterocycles. The van der Waals surface area contributed by atoms with Crippen LogP contribution in [0.25, 0.3) is 11.0 Å². The van der Waals surface area contributed by atoms with E-state index in [0.717, 1.165) is 35.4 Å². The maximum atomic E-state index is 13.1. The van der Waals surface area contributed by atoms with Crippen LogP contribution in [0, 0.1) is 6.92 Å². The number of halogens is 1. The molecular weight excluding hydrogens is 548 g/mol. The smallest absolute Gasteiger partial charge is 0.335 e. The summed E-state index contributed by atoms with van der Waals surface area (Å²) in [4.78, 5) is 33.6. The lowest BCUT2D eigenvalue weighted by atomic mass is 10.1. The topological polar surface area (TPSA) is 110 Å². The molecule has 10 nitrogen and oxygen atoms in total. The summed E-state index contributed by atoms with van der Waals surface area (Å²) in [7, 11) is 0. The fraction of sp³-hybridized carbons (Fsp3) is 0.367. The van der Waals surface area contributed by atoms with Crippen molar-refractivity contribution in [2.45, 2.75) is 39.1 Å². The third kappa shape index (κ3) is 5.95. The first-order valence-corrected chi connectivity index (χ1v) is 14.0. The molecule has 4 aromatic rings. The van der Waals surface area contributed by atoms with Crippen LogP contribution in [0.15, 0.2) is 52.9 Å². The van der Waals surface area contributed by atoms with Gasteiger partial charge in [-0.3, -0.25) is 9.69 Å². The number of furan rings is 1. The molecule has 11 heteroatoms. The molecule has 6 rings (SSSR count). The number of aromatic nitrogens is 2. The molecule has 0 bridgehead atoms. The first kappa shape index (κ1) is 27.3. The lowest BCUT2D eigenvalue weighted by molar-refractivity contribution is -0.0592. The Morgan fingerprint density at radius 1 is 1.10 bits per heavy atom. The predicted molar refractivity (Wildman–Crippen MR) is 151 cm³/mol. The van der Waals surface area contributed by atoms with Gasteiger partial charge in [-0.25, -0.2) is 9.78 Å². The summed E-state index contributed by atoms with van der Waals surface area (Å²) in [5.41, 5.74) is 2.84. The summed E-state index contributed by atoms with van der Waals surface area (Å²) >= 11 is 6.24. The number of aromatic carboxylic acids is 1. The summed E-state index contributed by atoms with van der Waals surface area (Å²) < 4.78 is 19.3. The molecule has 2 fully saturated rings. The maximum absolute atomic E-state index is 13.1. The Hall–Kier alpha value is -3.86. The Labute approximate surface area is 242 Å². The van der Waals surface area contributed by atoms with Crippen molar-refractivity contribution in [3.8, 4) is 5.75 Å². The van der Waals surface area contributed by atoms with E-state index in [-0.39, 0.29) is 29.9 Å². The molecule has 0 radical (unpaired) electrons. The molecule has 2 aliphatic rings. The Balaban J connectivity index is 1.07. The van der Waals surface area contributed by atoms with Gasteiger partial charge in [0, 0.05) is 32.8 Å². The molecule has 0 aliphatic carbocycles. The number of ether oxygens (including phenoxy) is 2. The minimum atomic E-state index is -0.964. The SMILES string of the molecule is Cc1ccc(OCc2ccc(C(=O)N3CCN(Cc4nc5ccc(C(=O)O)cc5n4C[C@@H]4CCO4)CC3)o2)c(Cl)c1. The number of aryl methyl sites for hydroxylation is 1. The van der Waals surface area contributed by atoms with E-state index in [1.807, 2.05) is 25.1 Å². The van der Waals surface area contributed by atoms with E-state index in [9.17, 15) is 14.7 Å². The van der Waals surface area contributed by atoms with Crippen molar-refractivity contribution in [1.82, 2.24) is 19.4 Å². The monoisotopic (exact) mass is 578 g/mol. The Kier molecular flexibility index (Phi) is 7.70. The van der Waals surface area contributed by atoms with Crippen molar-refractivity contribution in [2.75, 3.05) is 32.8 Å². The average Bonchev–Trinajstić information content (AvgIpc) is 3.54. The van der Waals surface area contributed by atoms with Gasteiger partial charge in [-0.15, -0.1) is 0 Å². The quantitative estimate of drug-likeness (QED) is 0.306. The molecular formula is C30H31ClN4O6. The van der Waals surface area contributed by atoms with E-state index in [4.69, 9.17) is 30.5 Å². The van der Waals surface area contributed by atoms with E-state index < -0.39 is 5.97 Å². The highest BCUT2D eigenvalue weighted by Gasteiger charge is 2.27. The number of carboxylic acids is 1. The standard InChI is InChI=1S/C30H31ClN4O6/c1-19-2-6-26(23(31)14-19)40-18-22-4-7-27(41-22)29(36)34-11-9-33(10-12-34)17-28-32-24-5-3-20(30(37)38)15-25(24)35(28)16-21-8-13-39-21/h2-7,14-15,21H,8-13,16-18H2,1H3,(H,37,38)/t21-/m0/s1. The number of nitrogens with zero attached hydrogens (tertiary/aromatic N) is 4. The number of imidazole rings is 1. The summed E-state index contributed by atoms with van der Waals surface area (Å²) in [5, 5.41) is 10.0. The zero-order chi connectivity index (χ0) is 28.5. The van der Waals surface area contributed by atoms with E-state index >= 15 is 0 Å². The molecule has 0 unspecified atom stereocenters. The van der Waals surface area contributed by atoms with E-state index in [0.29, 0.717) is 55.8 Å². The second kappa shape index (κ2) is 11.6. The Morgan fingerprint density at radius 3 is 2.61 bits per heavy atom. The highest BCUT2D eigenvalue weighted by Crippen LogP contribution is 2.27. The van der Waals surface area contributed by atoms with E-state index in [2.05, 4.69) is 9.47 Å². The third-order valence-corrected chi connectivity index (χ3v) is 7.90. The third-order valence-electron chi connectivity index (χ3n) is 7.61. The van der Waals surface area contributed by atoms with Gasteiger partial charge >= 0.3 is 5.97 Å². The second-order valence-electron chi connectivity index (χ2n) is 10.5. The Bertz CT molecular complexity index is 1590. The van der Waals surface area contributed by atoms with Crippen LogP contribution in [0.2, 0.25) is 5.02 Å². The van der Waals surface area contributed by atoms with Gasteiger partial charge in [-0.05, 0) is 61.4 Å². The molecule has 41 heavy (non-hydrogen) atoms. The van der Waals surface area contributed by atoms with Gasteiger partial charge in [0.15, 0.2) is 5.76 Å².